The van der Waals surface area contributed by atoms with Crippen LogP contribution in [0.2, 0.25) is 0 Å². The Bertz CT molecular complexity index is 342. The fraction of sp³-hybridized carbons (Fsp3) is 0.750. The molecule has 4 nitrogen and oxygen atoms in total. The van der Waals surface area contributed by atoms with Gasteiger partial charge in [0.1, 0.15) is 0 Å². The second kappa shape index (κ2) is 6.38. The molecule has 5 heteroatoms. The van der Waals surface area contributed by atoms with E-state index >= 15 is 0 Å². The molecule has 0 bridgehead atoms. The van der Waals surface area contributed by atoms with Gasteiger partial charge in [0.05, 0.1) is 5.69 Å². The molecule has 0 aliphatic carbocycles. The molecule has 0 aromatic carbocycles. The van der Waals surface area contributed by atoms with Crippen LogP contribution in [0.15, 0.2) is 6.20 Å². The molecule has 0 spiro atoms. The molecule has 98 valence electrons. The molecule has 2 rings (SSSR count). The van der Waals surface area contributed by atoms with E-state index in [9.17, 15) is 0 Å². The second-order valence-corrected chi connectivity index (χ2v) is 4.84. The van der Waals surface area contributed by atoms with Crippen molar-refractivity contribution in [3.8, 4) is 0 Å². The average molecular weight is 259 g/mol. The summed E-state index contributed by atoms with van der Waals surface area (Å²) in [5.41, 5.74) is 2.54. The predicted molar refractivity (Wildman–Crippen MR) is 72.7 cm³/mol. The normalized spacial score (nSPS) is 17.2. The van der Waals surface area contributed by atoms with Crippen molar-refractivity contribution >= 4 is 12.4 Å². The monoisotopic (exact) mass is 258 g/mol. The van der Waals surface area contributed by atoms with Gasteiger partial charge in [0.15, 0.2) is 0 Å². The fourth-order valence-electron chi connectivity index (χ4n) is 2.05. The van der Waals surface area contributed by atoms with Gasteiger partial charge in [-0.1, -0.05) is 0 Å². The van der Waals surface area contributed by atoms with Crippen LogP contribution in [0, 0.1) is 6.92 Å². The molecular weight excluding hydrogens is 236 g/mol. The summed E-state index contributed by atoms with van der Waals surface area (Å²) in [6, 6.07) is 0.454. The first-order chi connectivity index (χ1) is 7.66. The van der Waals surface area contributed by atoms with Gasteiger partial charge in [0.25, 0.3) is 0 Å². The highest BCUT2D eigenvalue weighted by Crippen LogP contribution is 2.13. The minimum absolute atomic E-state index is 0. The van der Waals surface area contributed by atoms with Crippen molar-refractivity contribution in [1.29, 1.82) is 0 Å². The topological polar surface area (TPSA) is 33.1 Å². The number of halogens is 1. The van der Waals surface area contributed by atoms with Crippen LogP contribution in [-0.2, 0) is 6.54 Å². The summed E-state index contributed by atoms with van der Waals surface area (Å²) in [5, 5.41) is 7.93. The summed E-state index contributed by atoms with van der Waals surface area (Å²) in [5.74, 6) is 0. The number of aromatic nitrogens is 2. The minimum atomic E-state index is 0. The quantitative estimate of drug-likeness (QED) is 0.894. The van der Waals surface area contributed by atoms with E-state index in [1.165, 1.54) is 11.3 Å². The largest absolute Gasteiger partial charge is 0.314 e. The summed E-state index contributed by atoms with van der Waals surface area (Å²) in [4.78, 5) is 2.49. The number of hydrogen-bond acceptors (Lipinski definition) is 3. The van der Waals surface area contributed by atoms with Gasteiger partial charge < -0.3 is 5.32 Å². The highest BCUT2D eigenvalue weighted by molar-refractivity contribution is 5.85. The van der Waals surface area contributed by atoms with Crippen LogP contribution in [0.25, 0.3) is 0 Å². The summed E-state index contributed by atoms with van der Waals surface area (Å²) in [7, 11) is 0. The lowest BCUT2D eigenvalue weighted by Crippen LogP contribution is -2.42. The zero-order valence-electron chi connectivity index (χ0n) is 10.9. The van der Waals surface area contributed by atoms with Gasteiger partial charge in [0, 0.05) is 50.5 Å². The van der Waals surface area contributed by atoms with E-state index in [1.54, 1.807) is 0 Å². The molecular formula is C12H23ClN4. The Balaban J connectivity index is 0.00000144. The van der Waals surface area contributed by atoms with Crippen molar-refractivity contribution in [2.75, 3.05) is 26.2 Å². The van der Waals surface area contributed by atoms with Crippen molar-refractivity contribution in [3.63, 3.8) is 0 Å². The SMILES string of the molecule is Cc1nn(C(C)C)cc1CN1CCNCC1.Cl. The van der Waals surface area contributed by atoms with Crippen molar-refractivity contribution in [3.05, 3.63) is 17.5 Å². The first-order valence-electron chi connectivity index (χ1n) is 6.14. The lowest BCUT2D eigenvalue weighted by molar-refractivity contribution is 0.232. The van der Waals surface area contributed by atoms with Crippen LogP contribution in [-0.4, -0.2) is 40.9 Å². The third-order valence-corrected chi connectivity index (χ3v) is 3.15. The van der Waals surface area contributed by atoms with Crippen molar-refractivity contribution in [1.82, 2.24) is 20.0 Å². The molecule has 1 aromatic rings. The number of piperazine rings is 1. The molecule has 0 amide bonds. The van der Waals surface area contributed by atoms with Crippen LogP contribution in [0.1, 0.15) is 31.1 Å². The van der Waals surface area contributed by atoms with Gasteiger partial charge in [-0.05, 0) is 20.8 Å². The summed E-state index contributed by atoms with van der Waals surface area (Å²) < 4.78 is 2.06. The van der Waals surface area contributed by atoms with Crippen LogP contribution < -0.4 is 5.32 Å². The molecule has 1 aliphatic rings. The average Bonchev–Trinajstić information content (AvgIpc) is 2.62. The van der Waals surface area contributed by atoms with E-state index in [-0.39, 0.29) is 12.4 Å². The van der Waals surface area contributed by atoms with E-state index in [0.29, 0.717) is 6.04 Å². The molecule has 1 N–H and O–H groups in total. The van der Waals surface area contributed by atoms with Crippen molar-refractivity contribution in [2.45, 2.75) is 33.4 Å². The van der Waals surface area contributed by atoms with Gasteiger partial charge in [-0.2, -0.15) is 5.10 Å². The van der Waals surface area contributed by atoms with Gasteiger partial charge >= 0.3 is 0 Å². The van der Waals surface area contributed by atoms with Crippen LogP contribution in [0.3, 0.4) is 0 Å². The zero-order valence-corrected chi connectivity index (χ0v) is 11.8. The van der Waals surface area contributed by atoms with Gasteiger partial charge in [-0.3, -0.25) is 9.58 Å². The number of nitrogens with one attached hydrogen (secondary N) is 1. The number of aryl methyl sites for hydroxylation is 1. The smallest absolute Gasteiger partial charge is 0.0638 e. The highest BCUT2D eigenvalue weighted by Gasteiger charge is 2.13. The third-order valence-electron chi connectivity index (χ3n) is 3.15. The Morgan fingerprint density at radius 1 is 1.35 bits per heavy atom. The molecule has 1 aliphatic heterocycles. The Hall–Kier alpha value is -0.580. The standard InChI is InChI=1S/C12H22N4.ClH/c1-10(2)16-9-12(11(3)14-16)8-15-6-4-13-5-7-15;/h9-10,13H,4-8H2,1-3H3;1H. The van der Waals surface area contributed by atoms with Crippen molar-refractivity contribution < 1.29 is 0 Å². The molecule has 1 fully saturated rings. The van der Waals surface area contributed by atoms with E-state index in [1.807, 2.05) is 0 Å². The molecule has 0 radical (unpaired) electrons. The molecule has 1 saturated heterocycles. The molecule has 2 heterocycles. The number of rotatable bonds is 3. The maximum absolute atomic E-state index is 4.55. The molecule has 0 atom stereocenters. The van der Waals surface area contributed by atoms with Crippen LogP contribution in [0.4, 0.5) is 0 Å². The zero-order chi connectivity index (χ0) is 11.5. The maximum Gasteiger partial charge on any atom is 0.0638 e. The Morgan fingerprint density at radius 2 is 2.00 bits per heavy atom. The number of hydrogen-bond donors (Lipinski definition) is 1. The Kier molecular flexibility index (Phi) is 5.43. The van der Waals surface area contributed by atoms with E-state index < -0.39 is 0 Å². The molecule has 17 heavy (non-hydrogen) atoms. The highest BCUT2D eigenvalue weighted by atomic mass is 35.5. The molecule has 0 unspecified atom stereocenters. The Morgan fingerprint density at radius 3 is 2.53 bits per heavy atom. The van der Waals surface area contributed by atoms with E-state index in [2.05, 4.69) is 47.0 Å². The van der Waals surface area contributed by atoms with E-state index in [4.69, 9.17) is 0 Å². The minimum Gasteiger partial charge on any atom is -0.314 e. The Labute approximate surface area is 110 Å². The molecule has 0 saturated carbocycles. The van der Waals surface area contributed by atoms with E-state index in [0.717, 1.165) is 32.7 Å². The van der Waals surface area contributed by atoms with Gasteiger partial charge in [-0.15, -0.1) is 12.4 Å². The predicted octanol–water partition coefficient (Wildman–Crippen LogP) is 1.60. The lowest BCUT2D eigenvalue weighted by atomic mass is 10.2. The summed E-state index contributed by atoms with van der Waals surface area (Å²) >= 11 is 0. The van der Waals surface area contributed by atoms with Gasteiger partial charge in [0.2, 0.25) is 0 Å². The maximum atomic E-state index is 4.55. The van der Waals surface area contributed by atoms with Gasteiger partial charge in [-0.25, -0.2) is 0 Å². The first-order valence-corrected chi connectivity index (χ1v) is 6.14. The first kappa shape index (κ1) is 14.5. The summed E-state index contributed by atoms with van der Waals surface area (Å²) in [6.07, 6.45) is 2.20. The second-order valence-electron chi connectivity index (χ2n) is 4.84. The lowest BCUT2D eigenvalue weighted by Gasteiger charge is -2.26. The number of nitrogens with zero attached hydrogens (tertiary/aromatic N) is 3. The van der Waals surface area contributed by atoms with Crippen LogP contribution in [0.5, 0.6) is 0 Å². The third kappa shape index (κ3) is 3.69. The molecule has 1 aromatic heterocycles. The fourth-order valence-corrected chi connectivity index (χ4v) is 2.05. The van der Waals surface area contributed by atoms with Crippen molar-refractivity contribution in [2.24, 2.45) is 0 Å². The summed E-state index contributed by atoms with van der Waals surface area (Å²) in [6.45, 7) is 12.0. The van der Waals surface area contributed by atoms with Crippen LogP contribution >= 0.6 is 12.4 Å².